The van der Waals surface area contributed by atoms with Gasteiger partial charge in [0.2, 0.25) is 0 Å². The molecule has 0 rings (SSSR count). The molecule has 0 aromatic heterocycles. The van der Waals surface area contributed by atoms with Crippen LogP contribution in [0.25, 0.3) is 31.9 Å². The molecule has 0 aromatic carbocycles. The number of aliphatic hydroxyl groups excluding tert-OH is 1. The summed E-state index contributed by atoms with van der Waals surface area (Å²) in [5.74, 6) is -9.52. The number of amides is 6. The van der Waals surface area contributed by atoms with Crippen LogP contribution in [0.2, 0.25) is 0 Å². The van der Waals surface area contributed by atoms with Crippen molar-refractivity contribution in [2.45, 2.75) is 96.1 Å². The first kappa shape index (κ1) is 63.7. The Bertz CT molecular complexity index is 1450. The Morgan fingerprint density at radius 2 is 1.11 bits per heavy atom. The number of carboxylic acids is 2. The minimum absolute atomic E-state index is 0.0825. The van der Waals surface area contributed by atoms with Gasteiger partial charge in [-0.15, -0.1) is 5.75 Å². The molecule has 0 aliphatic rings. The molecular formula is C33H47N7O17S2Tc2. The van der Waals surface area contributed by atoms with Crippen LogP contribution in [0.1, 0.15) is 59.8 Å². The van der Waals surface area contributed by atoms with E-state index >= 15 is 0 Å². The summed E-state index contributed by atoms with van der Waals surface area (Å²) in [6.45, 7) is 4.70. The van der Waals surface area contributed by atoms with Gasteiger partial charge in [0.05, 0.1) is 13.2 Å². The van der Waals surface area contributed by atoms with Crippen LogP contribution in [0.3, 0.4) is 0 Å². The Morgan fingerprint density at radius 3 is 1.51 bits per heavy atom. The van der Waals surface area contributed by atoms with Crippen molar-refractivity contribution >= 4 is 90.7 Å². The fraction of sp³-hybridized carbons (Fsp3) is 0.667. The zero-order valence-electron chi connectivity index (χ0n) is 33.5. The van der Waals surface area contributed by atoms with Crippen molar-refractivity contribution in [3.8, 4) is 0 Å². The molecule has 24 nitrogen and oxygen atoms in total. The maximum atomic E-state index is 12.4. The predicted molar refractivity (Wildman–Crippen MR) is 206 cm³/mol. The van der Waals surface area contributed by atoms with Gasteiger partial charge in [0.15, 0.2) is 0 Å². The number of hydrogen-bond acceptors (Lipinski definition) is 18. The van der Waals surface area contributed by atoms with Crippen LogP contribution in [0.15, 0.2) is 0 Å². The summed E-state index contributed by atoms with van der Waals surface area (Å²) in [4.78, 5) is 127. The van der Waals surface area contributed by atoms with Crippen molar-refractivity contribution in [3.63, 3.8) is 0 Å². The average molecular weight is 1070 g/mol. The third kappa shape index (κ3) is 31.6. The molecule has 0 radical (unpaired) electrons. The van der Waals surface area contributed by atoms with Gasteiger partial charge in [-0.05, 0) is 39.8 Å². The average Bonchev–Trinajstić information content (AvgIpc) is 3.21. The van der Waals surface area contributed by atoms with E-state index in [1.54, 1.807) is 13.8 Å². The van der Waals surface area contributed by atoms with Crippen molar-refractivity contribution in [2.24, 2.45) is 5.92 Å². The number of carboxylic acid groups (broad SMARTS) is 2. The summed E-state index contributed by atoms with van der Waals surface area (Å²) in [6, 6.07) is -7.86. The molecule has 6 amide bonds. The predicted octanol–water partition coefficient (Wildman–Crippen LogP) is -0.224. The summed E-state index contributed by atoms with van der Waals surface area (Å²) in [6.07, 6.45) is -1.73. The van der Waals surface area contributed by atoms with E-state index in [4.69, 9.17) is 29.9 Å². The fourth-order valence-electron chi connectivity index (χ4n) is 4.09. The minimum atomic E-state index is -1.73. The first-order valence-electron chi connectivity index (χ1n) is 17.4. The summed E-state index contributed by atoms with van der Waals surface area (Å²) < 4.78 is 21.0. The Balaban J connectivity index is -0.000000498. The quantitative estimate of drug-likeness (QED) is 0.0447. The second-order valence-electron chi connectivity index (χ2n) is 12.0. The Kier molecular flexibility index (Phi) is 40.7. The molecule has 6 atom stereocenters. The molecule has 0 saturated carbocycles. The van der Waals surface area contributed by atoms with E-state index in [0.29, 0.717) is 0 Å². The van der Waals surface area contributed by atoms with E-state index in [2.05, 4.69) is 54.6 Å². The molecule has 6 unspecified atom stereocenters. The number of ketones is 2. The summed E-state index contributed by atoms with van der Waals surface area (Å²) in [5.41, 5.74) is 0. The fourth-order valence-corrected chi connectivity index (χ4v) is 4.47. The van der Waals surface area contributed by atoms with Crippen molar-refractivity contribution in [1.82, 2.24) is 5.32 Å². The number of carbonyl (C=O) groups is 11. The number of ether oxygens (including phenoxy) is 1. The van der Waals surface area contributed by atoms with Gasteiger partial charge in [-0.1, -0.05) is 56.4 Å². The van der Waals surface area contributed by atoms with Gasteiger partial charge in [-0.3, -0.25) is 19.2 Å². The van der Waals surface area contributed by atoms with E-state index in [0.717, 1.165) is 37.7 Å². The van der Waals surface area contributed by atoms with E-state index in [-0.39, 0.29) is 56.3 Å². The molecule has 0 aromatic rings. The number of aliphatic hydroxyl groups is 1. The van der Waals surface area contributed by atoms with Gasteiger partial charge in [0.1, 0.15) is 11.6 Å². The molecule has 0 bridgehead atoms. The van der Waals surface area contributed by atoms with Gasteiger partial charge in [0.25, 0.3) is 6.47 Å². The molecular weight excluding hydrogens is 1030 g/mol. The standard InChI is InChI=1S/C17H28N4O9S.C16H27N3O6S.2O.2Tc/c1-18-6-12(23)9(2-4-14(25)26)20-17(30)11(7-22)21-16(29)10(3-5-15(27)28)19-13(24)8-31;1-9(2)14(17-11(4)22)16(24)18-12(5-6-25-8-20)15(23)19-13(7-26)10(3)21;;;;/h9-11,18,22H,2-8H2,1H3,(H6,19,20,21,24,25,26,27,28,29,30,31);8-9,12-14H,5-7H2,1-4H3,(H4,17,18,19,22,23,24,26);;;;/q;;;;2*+4/p-8. The SMILES string of the molecule is CC(=O)[N-]C(C(=O)[N-]C(CCOC=O)C(=O)[N-]C(C[S-])C(C)=O)C(C)C.CNCC(=O)C(CCC(=O)O)[N-]C(=O)C(CO)[N-]C(=O)C(CCC(=O)O)[N-]C(=O)C[S-].[O]=[Tc+4].[O]=[Tc+4]. The number of nitrogens with zero attached hydrogens (tertiary/aromatic N) is 6. The second-order valence-corrected chi connectivity index (χ2v) is 12.7. The maximum absolute atomic E-state index is 12.4. The molecule has 0 aliphatic carbocycles. The Hall–Kier alpha value is -3.91. The third-order valence-electron chi connectivity index (χ3n) is 6.98. The van der Waals surface area contributed by atoms with Crippen molar-refractivity contribution in [1.29, 1.82) is 0 Å². The summed E-state index contributed by atoms with van der Waals surface area (Å²) >= 11 is 11.1. The van der Waals surface area contributed by atoms with E-state index in [1.807, 2.05) is 0 Å². The molecule has 0 aliphatic heterocycles. The first-order chi connectivity index (χ1) is 28.7. The number of hydrogen-bond donors (Lipinski definition) is 4. The number of nitrogens with one attached hydrogen (secondary N) is 1. The zero-order valence-corrected chi connectivity index (χ0v) is 38.9. The van der Waals surface area contributed by atoms with Crippen LogP contribution in [-0.4, -0.2) is 155 Å². The van der Waals surface area contributed by atoms with E-state index < -0.39 is 115 Å². The first-order valence-corrected chi connectivity index (χ1v) is 20.0. The number of aliphatic carboxylic acids is 2. The van der Waals surface area contributed by atoms with Gasteiger partial charge in [0, 0.05) is 54.9 Å². The van der Waals surface area contributed by atoms with Crippen LogP contribution < -0.4 is 5.32 Å². The van der Waals surface area contributed by atoms with E-state index in [9.17, 15) is 57.8 Å². The summed E-state index contributed by atoms with van der Waals surface area (Å²) in [7, 11) is 1.46. The molecule has 342 valence electrons. The van der Waals surface area contributed by atoms with Crippen LogP contribution in [-0.2, 0) is 127 Å². The van der Waals surface area contributed by atoms with Crippen LogP contribution in [0, 0.1) is 5.92 Å². The topological polar surface area (TPSA) is 388 Å². The Morgan fingerprint density at radius 1 is 0.672 bits per heavy atom. The molecule has 28 heteroatoms. The van der Waals surface area contributed by atoms with Crippen molar-refractivity contribution < 1.29 is 118 Å². The molecule has 0 saturated heterocycles. The molecule has 4 N–H and O–H groups in total. The molecule has 0 heterocycles. The number of carbonyl (C=O) groups excluding carboxylic acids is 9. The van der Waals surface area contributed by atoms with Crippen molar-refractivity contribution in [3.05, 3.63) is 31.9 Å². The van der Waals surface area contributed by atoms with Crippen LogP contribution in [0.4, 0.5) is 0 Å². The zero-order chi connectivity index (χ0) is 48.2. The van der Waals surface area contributed by atoms with Crippen molar-refractivity contribution in [2.75, 3.05) is 38.3 Å². The number of rotatable bonds is 28. The summed E-state index contributed by atoms with van der Waals surface area (Å²) in [5, 5.41) is 51.3. The molecule has 0 spiro atoms. The monoisotopic (exact) mass is 1070 g/mol. The normalized spacial score (nSPS) is 12.9. The van der Waals surface area contributed by atoms with Crippen LogP contribution in [0.5, 0.6) is 0 Å². The van der Waals surface area contributed by atoms with Gasteiger partial charge < -0.3 is 116 Å². The third-order valence-corrected chi connectivity index (χ3v) is 7.54. The molecule has 61 heavy (non-hydrogen) atoms. The van der Waals surface area contributed by atoms with Gasteiger partial charge in [-0.2, -0.15) is 5.75 Å². The van der Waals surface area contributed by atoms with Crippen LogP contribution >= 0.6 is 0 Å². The van der Waals surface area contributed by atoms with Gasteiger partial charge >= 0.3 is 56.7 Å². The van der Waals surface area contributed by atoms with E-state index in [1.165, 1.54) is 20.9 Å². The Labute approximate surface area is 383 Å². The number of likely N-dealkylation sites (N-methyl/N-ethyl adjacent to an activating group) is 1. The molecule has 0 fully saturated rings. The second kappa shape index (κ2) is 39.0. The number of Topliss-reactive ketones (excluding diaryl/α,β-unsaturated/α-hetero) is 2. The van der Waals surface area contributed by atoms with Gasteiger partial charge in [-0.25, -0.2) is 0 Å².